The van der Waals surface area contributed by atoms with Gasteiger partial charge in [-0.05, 0) is 62.4 Å². The van der Waals surface area contributed by atoms with E-state index in [0.717, 1.165) is 63.1 Å². The number of carbonyl (C=O) groups is 1. The zero-order valence-electron chi connectivity index (χ0n) is 16.1. The molecule has 1 aromatic rings. The molecule has 1 aromatic carbocycles. The molecule has 1 spiro atoms. The summed E-state index contributed by atoms with van der Waals surface area (Å²) >= 11 is 0. The number of piperidine rings is 2. The lowest BCUT2D eigenvalue weighted by molar-refractivity contribution is -0.139. The lowest BCUT2D eigenvalue weighted by atomic mass is 9.73. The van der Waals surface area contributed by atoms with E-state index < -0.39 is 0 Å². The van der Waals surface area contributed by atoms with Gasteiger partial charge >= 0.3 is 0 Å². The molecule has 2 heterocycles. The third kappa shape index (κ3) is 4.63. The van der Waals surface area contributed by atoms with Gasteiger partial charge in [-0.1, -0.05) is 6.07 Å². The maximum Gasteiger partial charge on any atom is 0.222 e. The highest BCUT2D eigenvalue weighted by molar-refractivity contribution is 5.77. The van der Waals surface area contributed by atoms with Crippen molar-refractivity contribution in [1.29, 1.82) is 0 Å². The fourth-order valence-electron chi connectivity index (χ4n) is 4.54. The third-order valence-corrected chi connectivity index (χ3v) is 5.97. The molecule has 2 aliphatic rings. The van der Waals surface area contributed by atoms with E-state index in [1.807, 2.05) is 17.9 Å². The maximum absolute atomic E-state index is 13.6. The van der Waals surface area contributed by atoms with Crippen molar-refractivity contribution in [2.24, 2.45) is 5.41 Å². The first kappa shape index (κ1) is 19.3. The van der Waals surface area contributed by atoms with Crippen LogP contribution in [0.3, 0.4) is 0 Å². The molecule has 0 bridgehead atoms. The molecule has 0 aromatic heterocycles. The number of halogens is 1. The average molecular weight is 362 g/mol. The largest absolute Gasteiger partial charge is 0.385 e. The Balaban J connectivity index is 1.64. The number of nitrogens with zero attached hydrogens (tertiary/aromatic N) is 2. The first-order valence-electron chi connectivity index (χ1n) is 9.75. The summed E-state index contributed by atoms with van der Waals surface area (Å²) in [6.07, 6.45) is 4.85. The van der Waals surface area contributed by atoms with Crippen LogP contribution in [0.1, 0.15) is 43.2 Å². The normalized spacial score (nSPS) is 24.4. The number of ether oxygens (including phenoxy) is 1. The molecule has 0 radical (unpaired) electrons. The van der Waals surface area contributed by atoms with Gasteiger partial charge in [0, 0.05) is 51.7 Å². The zero-order valence-corrected chi connectivity index (χ0v) is 16.1. The molecular formula is C21H31FN2O2. The number of hydrogen-bond acceptors (Lipinski definition) is 3. The Kier molecular flexibility index (Phi) is 6.30. The van der Waals surface area contributed by atoms with Crippen LogP contribution in [-0.2, 0) is 16.1 Å². The van der Waals surface area contributed by atoms with Crippen molar-refractivity contribution in [2.45, 2.75) is 45.6 Å². The van der Waals surface area contributed by atoms with E-state index in [0.29, 0.717) is 13.0 Å². The number of methoxy groups -OCH3 is 1. The van der Waals surface area contributed by atoms with Crippen LogP contribution >= 0.6 is 0 Å². The second-order valence-electron chi connectivity index (χ2n) is 8.05. The van der Waals surface area contributed by atoms with E-state index >= 15 is 0 Å². The van der Waals surface area contributed by atoms with Gasteiger partial charge in [-0.15, -0.1) is 0 Å². The molecule has 4 nitrogen and oxygen atoms in total. The average Bonchev–Trinajstić information content (AvgIpc) is 2.62. The Labute approximate surface area is 156 Å². The van der Waals surface area contributed by atoms with Crippen molar-refractivity contribution < 1.29 is 13.9 Å². The lowest BCUT2D eigenvalue weighted by Gasteiger charge is -2.48. The lowest BCUT2D eigenvalue weighted by Crippen LogP contribution is -2.54. The highest BCUT2D eigenvalue weighted by Gasteiger charge is 2.41. The summed E-state index contributed by atoms with van der Waals surface area (Å²) in [5.74, 6) is 0.120. The molecule has 1 unspecified atom stereocenters. The van der Waals surface area contributed by atoms with E-state index in [2.05, 4.69) is 4.90 Å². The van der Waals surface area contributed by atoms with Crippen LogP contribution in [0.15, 0.2) is 18.2 Å². The number of amides is 1. The van der Waals surface area contributed by atoms with Crippen molar-refractivity contribution in [1.82, 2.24) is 9.80 Å². The minimum atomic E-state index is -0.162. The number of benzene rings is 1. The van der Waals surface area contributed by atoms with Gasteiger partial charge in [0.25, 0.3) is 0 Å². The summed E-state index contributed by atoms with van der Waals surface area (Å²) in [7, 11) is 1.70. The summed E-state index contributed by atoms with van der Waals surface area (Å²) in [4.78, 5) is 16.8. The van der Waals surface area contributed by atoms with Crippen LogP contribution in [0.2, 0.25) is 0 Å². The SMILES string of the molecule is COCCCN1CC2(CCCN(Cc3cc(F)ccc3C)C2)CCC1=O. The predicted molar refractivity (Wildman–Crippen MR) is 100 cm³/mol. The molecule has 0 aliphatic carbocycles. The summed E-state index contributed by atoms with van der Waals surface area (Å²) in [6.45, 7) is 7.23. The predicted octanol–water partition coefficient (Wildman–Crippen LogP) is 3.38. The number of hydrogen-bond donors (Lipinski definition) is 0. The van der Waals surface area contributed by atoms with E-state index in [1.54, 1.807) is 13.2 Å². The van der Waals surface area contributed by atoms with Gasteiger partial charge in [-0.25, -0.2) is 4.39 Å². The minimum absolute atomic E-state index is 0.162. The second kappa shape index (κ2) is 8.49. The van der Waals surface area contributed by atoms with Crippen LogP contribution in [0, 0.1) is 18.2 Å². The zero-order chi connectivity index (χ0) is 18.6. The Hall–Kier alpha value is -1.46. The topological polar surface area (TPSA) is 32.8 Å². The molecule has 0 N–H and O–H groups in total. The van der Waals surface area contributed by atoms with Crippen molar-refractivity contribution >= 4 is 5.91 Å². The van der Waals surface area contributed by atoms with Crippen LogP contribution in [0.25, 0.3) is 0 Å². The molecule has 144 valence electrons. The number of carbonyl (C=O) groups excluding carboxylic acids is 1. The van der Waals surface area contributed by atoms with Crippen LogP contribution in [0.4, 0.5) is 4.39 Å². The fraction of sp³-hybridized carbons (Fsp3) is 0.667. The molecular weight excluding hydrogens is 331 g/mol. The summed E-state index contributed by atoms with van der Waals surface area (Å²) in [5, 5.41) is 0. The summed E-state index contributed by atoms with van der Waals surface area (Å²) in [6, 6.07) is 5.06. The van der Waals surface area contributed by atoms with Gasteiger partial charge in [0.15, 0.2) is 0 Å². The minimum Gasteiger partial charge on any atom is -0.385 e. The van der Waals surface area contributed by atoms with Crippen LogP contribution in [0.5, 0.6) is 0 Å². The van der Waals surface area contributed by atoms with Crippen molar-refractivity contribution in [2.75, 3.05) is 39.9 Å². The van der Waals surface area contributed by atoms with Gasteiger partial charge < -0.3 is 9.64 Å². The smallest absolute Gasteiger partial charge is 0.222 e. The Morgan fingerprint density at radius 1 is 1.27 bits per heavy atom. The van der Waals surface area contributed by atoms with Crippen molar-refractivity contribution in [3.8, 4) is 0 Å². The number of rotatable bonds is 6. The summed E-state index contributed by atoms with van der Waals surface area (Å²) < 4.78 is 18.8. The Bertz CT molecular complexity index is 636. The van der Waals surface area contributed by atoms with E-state index in [-0.39, 0.29) is 17.1 Å². The monoisotopic (exact) mass is 362 g/mol. The highest BCUT2D eigenvalue weighted by atomic mass is 19.1. The molecule has 0 saturated carbocycles. The van der Waals surface area contributed by atoms with Crippen LogP contribution in [-0.4, -0.2) is 55.6 Å². The maximum atomic E-state index is 13.6. The van der Waals surface area contributed by atoms with Gasteiger partial charge in [0.05, 0.1) is 0 Å². The molecule has 26 heavy (non-hydrogen) atoms. The quantitative estimate of drug-likeness (QED) is 0.728. The van der Waals surface area contributed by atoms with E-state index in [1.165, 1.54) is 12.5 Å². The molecule has 2 aliphatic heterocycles. The Morgan fingerprint density at radius 3 is 2.92 bits per heavy atom. The van der Waals surface area contributed by atoms with Gasteiger partial charge in [0.1, 0.15) is 5.82 Å². The van der Waals surface area contributed by atoms with E-state index in [9.17, 15) is 9.18 Å². The van der Waals surface area contributed by atoms with Crippen LogP contribution < -0.4 is 0 Å². The van der Waals surface area contributed by atoms with Gasteiger partial charge in [-0.2, -0.15) is 0 Å². The summed E-state index contributed by atoms with van der Waals surface area (Å²) in [5.41, 5.74) is 2.41. The molecule has 5 heteroatoms. The first-order valence-corrected chi connectivity index (χ1v) is 9.75. The standard InChI is InChI=1S/C21H31FN2O2/c1-17-5-6-19(22)13-18(17)14-23-10-3-8-21(15-23)9-7-20(25)24(16-21)11-4-12-26-2/h5-6,13H,3-4,7-12,14-16H2,1-2H3. The Morgan fingerprint density at radius 2 is 2.12 bits per heavy atom. The third-order valence-electron chi connectivity index (χ3n) is 5.97. The molecule has 2 fully saturated rings. The molecule has 3 rings (SSSR count). The van der Waals surface area contributed by atoms with Crippen molar-refractivity contribution in [3.05, 3.63) is 35.1 Å². The van der Waals surface area contributed by atoms with E-state index in [4.69, 9.17) is 4.74 Å². The van der Waals surface area contributed by atoms with Crippen molar-refractivity contribution in [3.63, 3.8) is 0 Å². The van der Waals surface area contributed by atoms with Gasteiger partial charge in [-0.3, -0.25) is 9.69 Å². The second-order valence-corrected chi connectivity index (χ2v) is 8.05. The molecule has 2 saturated heterocycles. The number of likely N-dealkylation sites (tertiary alicyclic amines) is 2. The molecule has 1 atom stereocenters. The molecule has 1 amide bonds. The fourth-order valence-corrected chi connectivity index (χ4v) is 4.54. The number of aryl methyl sites for hydroxylation is 1. The highest BCUT2D eigenvalue weighted by Crippen LogP contribution is 2.39. The van der Waals surface area contributed by atoms with Gasteiger partial charge in [0.2, 0.25) is 5.91 Å². The first-order chi connectivity index (χ1) is 12.5.